The van der Waals surface area contributed by atoms with Gasteiger partial charge in [-0.2, -0.15) is 0 Å². The Labute approximate surface area is 107 Å². The first-order valence-corrected chi connectivity index (χ1v) is 5.68. The number of halogens is 1. The van der Waals surface area contributed by atoms with Crippen molar-refractivity contribution in [2.24, 2.45) is 0 Å². The van der Waals surface area contributed by atoms with E-state index in [1.807, 2.05) is 0 Å². The van der Waals surface area contributed by atoms with E-state index in [0.29, 0.717) is 5.56 Å². The third-order valence-corrected chi connectivity index (χ3v) is 2.88. The summed E-state index contributed by atoms with van der Waals surface area (Å²) in [6.07, 6.45) is 0. The van der Waals surface area contributed by atoms with Gasteiger partial charge in [0, 0.05) is 5.56 Å². The minimum Gasteiger partial charge on any atom is -0.502 e. The van der Waals surface area contributed by atoms with Gasteiger partial charge in [0.15, 0.2) is 5.76 Å². The molecule has 0 saturated heterocycles. The fraction of sp³-hybridized carbons (Fsp3) is 0. The molecule has 0 radical (unpaired) electrons. The quantitative estimate of drug-likeness (QED) is 0.726. The summed E-state index contributed by atoms with van der Waals surface area (Å²) >= 11 is 0. The van der Waals surface area contributed by atoms with Crippen LogP contribution in [0, 0.1) is 5.82 Å². The van der Waals surface area contributed by atoms with Gasteiger partial charge in [-0.1, -0.05) is 36.4 Å². The Morgan fingerprint density at radius 3 is 2.47 bits per heavy atom. The predicted molar refractivity (Wildman–Crippen MR) is 69.5 cm³/mol. The lowest BCUT2D eigenvalue weighted by atomic mass is 10.1. The zero-order chi connectivity index (χ0) is 13.4. The summed E-state index contributed by atoms with van der Waals surface area (Å²) in [5, 5.41) is 9.66. The van der Waals surface area contributed by atoms with Gasteiger partial charge in [-0.25, -0.2) is 4.39 Å². The summed E-state index contributed by atoms with van der Waals surface area (Å²) in [5.74, 6) is -1.24. The molecule has 3 rings (SSSR count). The van der Waals surface area contributed by atoms with Crippen LogP contribution in [0.5, 0.6) is 5.75 Å². The topological polar surface area (TPSA) is 50.4 Å². The van der Waals surface area contributed by atoms with Crippen LogP contribution < -0.4 is 5.43 Å². The standard InChI is InChI=1S/C15H9FO3/c16-10-7-4-8-11-12(10)13(17)14(18)15(19-11)9-5-2-1-3-6-9/h1-8,18H. The average molecular weight is 256 g/mol. The molecule has 2 aromatic carbocycles. The highest BCUT2D eigenvalue weighted by atomic mass is 19.1. The molecular weight excluding hydrogens is 247 g/mol. The monoisotopic (exact) mass is 256 g/mol. The maximum atomic E-state index is 13.6. The lowest BCUT2D eigenvalue weighted by Crippen LogP contribution is -2.04. The van der Waals surface area contributed by atoms with Gasteiger partial charge in [-0.05, 0) is 12.1 Å². The van der Waals surface area contributed by atoms with Crippen LogP contribution in [-0.2, 0) is 0 Å². The highest BCUT2D eigenvalue weighted by molar-refractivity contribution is 5.82. The Bertz CT molecular complexity index is 807. The van der Waals surface area contributed by atoms with E-state index in [0.717, 1.165) is 6.07 Å². The number of benzene rings is 2. The molecule has 0 amide bonds. The summed E-state index contributed by atoms with van der Waals surface area (Å²) in [6, 6.07) is 12.8. The van der Waals surface area contributed by atoms with E-state index in [2.05, 4.69) is 0 Å². The molecular formula is C15H9FO3. The molecule has 19 heavy (non-hydrogen) atoms. The molecule has 0 aliphatic rings. The zero-order valence-corrected chi connectivity index (χ0v) is 9.76. The molecule has 3 nitrogen and oxygen atoms in total. The average Bonchev–Trinajstić information content (AvgIpc) is 2.43. The van der Waals surface area contributed by atoms with Crippen molar-refractivity contribution < 1.29 is 13.9 Å². The Balaban J connectivity index is 2.41. The maximum Gasteiger partial charge on any atom is 0.238 e. The highest BCUT2D eigenvalue weighted by Gasteiger charge is 2.17. The second-order valence-electron chi connectivity index (χ2n) is 4.09. The molecule has 0 atom stereocenters. The van der Waals surface area contributed by atoms with Gasteiger partial charge in [0.25, 0.3) is 0 Å². The first-order valence-electron chi connectivity index (χ1n) is 5.68. The van der Waals surface area contributed by atoms with Crippen molar-refractivity contribution in [2.45, 2.75) is 0 Å². The second kappa shape index (κ2) is 4.24. The van der Waals surface area contributed by atoms with E-state index in [1.165, 1.54) is 12.1 Å². The van der Waals surface area contributed by atoms with Gasteiger partial charge < -0.3 is 9.52 Å². The van der Waals surface area contributed by atoms with E-state index in [1.54, 1.807) is 30.3 Å². The highest BCUT2D eigenvalue weighted by Crippen LogP contribution is 2.30. The van der Waals surface area contributed by atoms with Crippen molar-refractivity contribution in [3.8, 4) is 17.1 Å². The smallest absolute Gasteiger partial charge is 0.238 e. The summed E-state index contributed by atoms with van der Waals surface area (Å²) in [6.45, 7) is 0. The second-order valence-corrected chi connectivity index (χ2v) is 4.09. The number of hydrogen-bond acceptors (Lipinski definition) is 3. The van der Waals surface area contributed by atoms with Crippen LogP contribution in [-0.4, -0.2) is 5.11 Å². The summed E-state index contributed by atoms with van der Waals surface area (Å²) in [7, 11) is 0. The Morgan fingerprint density at radius 2 is 1.74 bits per heavy atom. The predicted octanol–water partition coefficient (Wildman–Crippen LogP) is 3.30. The zero-order valence-electron chi connectivity index (χ0n) is 9.76. The van der Waals surface area contributed by atoms with Crippen LogP contribution >= 0.6 is 0 Å². The van der Waals surface area contributed by atoms with Gasteiger partial charge >= 0.3 is 0 Å². The van der Waals surface area contributed by atoms with Crippen LogP contribution in [0.4, 0.5) is 4.39 Å². The van der Waals surface area contributed by atoms with Crippen LogP contribution in [0.1, 0.15) is 0 Å². The molecule has 0 aliphatic carbocycles. The molecule has 94 valence electrons. The molecule has 1 heterocycles. The summed E-state index contributed by atoms with van der Waals surface area (Å²) in [5.41, 5.74) is -0.0943. The molecule has 0 saturated carbocycles. The van der Waals surface area contributed by atoms with Crippen molar-refractivity contribution in [3.05, 3.63) is 64.6 Å². The van der Waals surface area contributed by atoms with E-state index in [4.69, 9.17) is 4.42 Å². The van der Waals surface area contributed by atoms with Gasteiger partial charge in [0.1, 0.15) is 16.8 Å². The Morgan fingerprint density at radius 1 is 1.00 bits per heavy atom. The Kier molecular flexibility index (Phi) is 2.56. The first-order chi connectivity index (χ1) is 9.18. The van der Waals surface area contributed by atoms with Crippen LogP contribution in [0.3, 0.4) is 0 Å². The maximum absolute atomic E-state index is 13.6. The Hall–Kier alpha value is -2.62. The fourth-order valence-electron chi connectivity index (χ4n) is 1.97. The third-order valence-electron chi connectivity index (χ3n) is 2.88. The van der Waals surface area contributed by atoms with Gasteiger partial charge in [-0.3, -0.25) is 4.79 Å². The van der Waals surface area contributed by atoms with Crippen LogP contribution in [0.15, 0.2) is 57.7 Å². The number of aromatic hydroxyl groups is 1. The fourth-order valence-corrected chi connectivity index (χ4v) is 1.97. The lowest BCUT2D eigenvalue weighted by molar-refractivity contribution is 0.448. The SMILES string of the molecule is O=c1c(O)c(-c2ccccc2)oc2cccc(F)c12. The summed E-state index contributed by atoms with van der Waals surface area (Å²) < 4.78 is 19.0. The molecule has 3 aromatic rings. The number of fused-ring (bicyclic) bond motifs is 1. The van der Waals surface area contributed by atoms with Crippen molar-refractivity contribution >= 4 is 11.0 Å². The largest absolute Gasteiger partial charge is 0.502 e. The third kappa shape index (κ3) is 1.78. The van der Waals surface area contributed by atoms with E-state index >= 15 is 0 Å². The molecule has 0 aliphatic heterocycles. The van der Waals surface area contributed by atoms with Crippen LogP contribution in [0.2, 0.25) is 0 Å². The molecule has 0 fully saturated rings. The van der Waals surface area contributed by atoms with Gasteiger partial charge in [0.2, 0.25) is 11.2 Å². The van der Waals surface area contributed by atoms with Crippen molar-refractivity contribution in [1.82, 2.24) is 0 Å². The molecule has 0 bridgehead atoms. The van der Waals surface area contributed by atoms with Crippen molar-refractivity contribution in [2.75, 3.05) is 0 Å². The minimum atomic E-state index is -0.766. The van der Waals surface area contributed by atoms with Crippen LogP contribution in [0.25, 0.3) is 22.3 Å². The molecule has 1 N–H and O–H groups in total. The van der Waals surface area contributed by atoms with Crippen molar-refractivity contribution in [3.63, 3.8) is 0 Å². The number of rotatable bonds is 1. The van der Waals surface area contributed by atoms with Gasteiger partial charge in [-0.15, -0.1) is 0 Å². The normalized spacial score (nSPS) is 10.8. The summed E-state index contributed by atoms with van der Waals surface area (Å²) in [4.78, 5) is 12.0. The molecule has 1 aromatic heterocycles. The van der Waals surface area contributed by atoms with Gasteiger partial charge in [0.05, 0.1) is 0 Å². The number of hydrogen-bond donors (Lipinski definition) is 1. The van der Waals surface area contributed by atoms with E-state index < -0.39 is 17.0 Å². The lowest BCUT2D eigenvalue weighted by Gasteiger charge is -2.06. The molecule has 4 heteroatoms. The minimum absolute atomic E-state index is 0.0451. The van der Waals surface area contributed by atoms with E-state index in [9.17, 15) is 14.3 Å². The van der Waals surface area contributed by atoms with Crippen molar-refractivity contribution in [1.29, 1.82) is 0 Å². The first kappa shape index (κ1) is 11.5. The molecule has 0 unspecified atom stereocenters. The molecule has 0 spiro atoms. The van der Waals surface area contributed by atoms with E-state index in [-0.39, 0.29) is 16.7 Å².